The zero-order valence-electron chi connectivity index (χ0n) is 20.3. The minimum atomic E-state index is -4.57. The van der Waals surface area contributed by atoms with Gasteiger partial charge in [-0.15, -0.1) is 0 Å². The van der Waals surface area contributed by atoms with Gasteiger partial charge in [0, 0.05) is 22.0 Å². The summed E-state index contributed by atoms with van der Waals surface area (Å²) < 4.78 is 37.8. The summed E-state index contributed by atoms with van der Waals surface area (Å²) in [5, 5.41) is 25.3. The monoisotopic (exact) mass is 581 g/mol. The molecule has 190 valence electrons. The number of nitrogens with one attached hydrogen (secondary N) is 1. The first-order valence-corrected chi connectivity index (χ1v) is 12.8. The van der Waals surface area contributed by atoms with Gasteiger partial charge < -0.3 is 15.2 Å². The Kier molecular flexibility index (Phi) is 9.43. The molecule has 0 unspecified atom stereocenters. The molecule has 1 amide bonds. The molecule has 0 aliphatic rings. The third-order valence-corrected chi connectivity index (χ3v) is 7.04. The van der Waals surface area contributed by atoms with Crippen molar-refractivity contribution in [2.45, 2.75) is 11.8 Å². The molecule has 0 atom stereocenters. The summed E-state index contributed by atoms with van der Waals surface area (Å²) in [5.41, 5.74) is 0.271. The number of benzene rings is 4. The van der Waals surface area contributed by atoms with Gasteiger partial charge in [0.2, 0.25) is 0 Å². The van der Waals surface area contributed by atoms with E-state index in [1.165, 1.54) is 19.2 Å². The SMILES string of the molecule is COc1ccc(Cl)c(NC(=O)c2cc3ccccc3c(N=Nc3cc(S(=O)(=O)O)cc(Cl)c3C)c2[O-])c1.[Na+]. The van der Waals surface area contributed by atoms with Gasteiger partial charge in [0.1, 0.15) is 5.75 Å². The smallest absolute Gasteiger partial charge is 0.870 e. The molecule has 4 aromatic rings. The zero-order chi connectivity index (χ0) is 26.9. The van der Waals surface area contributed by atoms with E-state index >= 15 is 0 Å². The number of hydrogen-bond acceptors (Lipinski definition) is 7. The van der Waals surface area contributed by atoms with Crippen LogP contribution in [0.15, 0.2) is 75.8 Å². The van der Waals surface area contributed by atoms with Gasteiger partial charge in [-0.3, -0.25) is 9.35 Å². The molecule has 0 bridgehead atoms. The van der Waals surface area contributed by atoms with Crippen LogP contribution >= 0.6 is 23.2 Å². The Labute approximate surface area is 250 Å². The second-order valence-electron chi connectivity index (χ2n) is 7.85. The number of rotatable bonds is 6. The van der Waals surface area contributed by atoms with Crippen LogP contribution in [0.5, 0.6) is 11.5 Å². The number of anilines is 1. The maximum absolute atomic E-state index is 13.4. The van der Waals surface area contributed by atoms with E-state index in [4.69, 9.17) is 27.9 Å². The molecular weight excluding hydrogens is 564 g/mol. The van der Waals surface area contributed by atoms with E-state index in [9.17, 15) is 22.9 Å². The number of carbonyl (C=O) groups is 1. The largest absolute Gasteiger partial charge is 1.00 e. The second kappa shape index (κ2) is 12.0. The molecule has 0 saturated heterocycles. The number of hydrogen-bond donors (Lipinski definition) is 2. The molecular formula is C25H18Cl2N3NaO6S. The molecule has 0 aromatic heterocycles. The van der Waals surface area contributed by atoms with E-state index in [2.05, 4.69) is 15.5 Å². The number of carbonyl (C=O) groups excluding carboxylic acids is 1. The molecule has 38 heavy (non-hydrogen) atoms. The summed E-state index contributed by atoms with van der Waals surface area (Å²) in [6.45, 7) is 1.57. The van der Waals surface area contributed by atoms with Gasteiger partial charge in [0.25, 0.3) is 16.0 Å². The Bertz CT molecular complexity index is 1700. The van der Waals surface area contributed by atoms with Crippen LogP contribution in [0, 0.1) is 6.92 Å². The van der Waals surface area contributed by atoms with Crippen molar-refractivity contribution in [3.05, 3.63) is 81.8 Å². The molecule has 9 nitrogen and oxygen atoms in total. The average molecular weight is 582 g/mol. The van der Waals surface area contributed by atoms with E-state index in [0.29, 0.717) is 22.1 Å². The van der Waals surface area contributed by atoms with Crippen LogP contribution in [0.3, 0.4) is 0 Å². The van der Waals surface area contributed by atoms with Crippen LogP contribution in [0.4, 0.5) is 17.1 Å². The number of amides is 1. The molecule has 13 heteroatoms. The first-order chi connectivity index (χ1) is 17.5. The van der Waals surface area contributed by atoms with E-state index in [-0.39, 0.29) is 62.2 Å². The van der Waals surface area contributed by atoms with E-state index in [0.717, 1.165) is 12.1 Å². The van der Waals surface area contributed by atoms with Gasteiger partial charge in [-0.25, -0.2) is 0 Å². The molecule has 0 heterocycles. The van der Waals surface area contributed by atoms with Crippen LogP contribution in [0.25, 0.3) is 10.8 Å². The molecule has 0 aliphatic carbocycles. The summed E-state index contributed by atoms with van der Waals surface area (Å²) in [5.74, 6) is -0.986. The molecule has 0 aliphatic heterocycles. The zero-order valence-corrected chi connectivity index (χ0v) is 24.6. The maximum atomic E-state index is 13.4. The molecule has 0 radical (unpaired) electrons. The summed E-state index contributed by atoms with van der Waals surface area (Å²) in [4.78, 5) is 12.6. The summed E-state index contributed by atoms with van der Waals surface area (Å²) in [6, 6.07) is 15.0. The Morgan fingerprint density at radius 1 is 1.03 bits per heavy atom. The Hall–Kier alpha value is -2.70. The topological polar surface area (TPSA) is 140 Å². The number of halogens is 2. The van der Waals surface area contributed by atoms with Crippen LogP contribution < -0.4 is 44.7 Å². The molecule has 0 saturated carbocycles. The van der Waals surface area contributed by atoms with Gasteiger partial charge in [-0.1, -0.05) is 53.2 Å². The molecule has 2 N–H and O–H groups in total. The number of methoxy groups -OCH3 is 1. The molecule has 4 rings (SSSR count). The van der Waals surface area contributed by atoms with Gasteiger partial charge in [0.05, 0.1) is 34.1 Å². The minimum absolute atomic E-state index is 0. The number of fused-ring (bicyclic) bond motifs is 1. The van der Waals surface area contributed by atoms with Crippen molar-refractivity contribution in [3.8, 4) is 11.5 Å². The number of nitrogens with zero attached hydrogens (tertiary/aromatic N) is 2. The average Bonchev–Trinajstić information content (AvgIpc) is 2.86. The van der Waals surface area contributed by atoms with E-state index in [1.807, 2.05) is 0 Å². The molecule has 0 fully saturated rings. The van der Waals surface area contributed by atoms with Crippen LogP contribution in [0.2, 0.25) is 10.0 Å². The minimum Gasteiger partial charge on any atom is -0.870 e. The van der Waals surface area contributed by atoms with E-state index < -0.39 is 26.7 Å². The maximum Gasteiger partial charge on any atom is 1.00 e. The van der Waals surface area contributed by atoms with Gasteiger partial charge in [0.15, 0.2) is 0 Å². The third-order valence-electron chi connectivity index (χ3n) is 5.49. The number of ether oxygens (including phenoxy) is 1. The van der Waals surface area contributed by atoms with Crippen LogP contribution in [-0.4, -0.2) is 26.0 Å². The predicted octanol–water partition coefficient (Wildman–Crippen LogP) is 3.46. The molecule has 0 spiro atoms. The van der Waals surface area contributed by atoms with Crippen molar-refractivity contribution < 1.29 is 57.2 Å². The molecule has 4 aromatic carbocycles. The fourth-order valence-electron chi connectivity index (χ4n) is 3.49. The van der Waals surface area contributed by atoms with Gasteiger partial charge in [-0.2, -0.15) is 18.6 Å². The van der Waals surface area contributed by atoms with Crippen molar-refractivity contribution in [1.29, 1.82) is 0 Å². The Morgan fingerprint density at radius 2 is 1.74 bits per heavy atom. The standard InChI is InChI=1S/C25H19Cl2N3O6S.Na/c1-13-20(27)11-16(37(33,34)35)12-21(13)29-30-23-17-6-4-3-5-14(17)9-18(24(23)31)25(32)28-22-10-15(36-2)7-8-19(22)26;/h3-12,31H,1-2H3,(H,28,32)(H,33,34,35);/q;+1/p-1. The van der Waals surface area contributed by atoms with Crippen molar-refractivity contribution in [2.75, 3.05) is 12.4 Å². The van der Waals surface area contributed by atoms with Gasteiger partial charge >= 0.3 is 29.6 Å². The quantitative estimate of drug-likeness (QED) is 0.203. The normalized spacial score (nSPS) is 11.4. The van der Waals surface area contributed by atoms with E-state index in [1.54, 1.807) is 43.3 Å². The third kappa shape index (κ3) is 6.29. The summed E-state index contributed by atoms with van der Waals surface area (Å²) in [7, 11) is -3.10. The van der Waals surface area contributed by atoms with Crippen molar-refractivity contribution in [3.63, 3.8) is 0 Å². The Morgan fingerprint density at radius 3 is 2.42 bits per heavy atom. The first kappa shape index (κ1) is 29.9. The fraction of sp³-hybridized carbons (Fsp3) is 0.0800. The van der Waals surface area contributed by atoms with Gasteiger partial charge in [-0.05, 0) is 48.2 Å². The van der Waals surface area contributed by atoms with Crippen molar-refractivity contribution in [1.82, 2.24) is 0 Å². The van der Waals surface area contributed by atoms with Crippen LogP contribution in [0.1, 0.15) is 15.9 Å². The predicted molar refractivity (Wildman–Crippen MR) is 140 cm³/mol. The summed E-state index contributed by atoms with van der Waals surface area (Å²) >= 11 is 12.3. The van der Waals surface area contributed by atoms with Crippen LogP contribution in [-0.2, 0) is 10.1 Å². The van der Waals surface area contributed by atoms with Crippen molar-refractivity contribution in [2.24, 2.45) is 10.2 Å². The van der Waals surface area contributed by atoms with Crippen molar-refractivity contribution >= 4 is 67.1 Å². The summed E-state index contributed by atoms with van der Waals surface area (Å²) in [6.07, 6.45) is 0. The second-order valence-corrected chi connectivity index (χ2v) is 10.1. The number of azo groups is 1. The first-order valence-electron chi connectivity index (χ1n) is 10.6. The Balaban J connectivity index is 0.00000400. The fourth-order valence-corrected chi connectivity index (χ4v) is 4.46.